The molecule has 2 rings (SSSR count). The van der Waals surface area contributed by atoms with Crippen molar-refractivity contribution in [1.29, 1.82) is 0 Å². The number of para-hydroxylation sites is 1. The second kappa shape index (κ2) is 5.56. The zero-order valence-corrected chi connectivity index (χ0v) is 9.79. The van der Waals surface area contributed by atoms with Gasteiger partial charge in [0, 0.05) is 0 Å². The molecule has 0 atom stereocenters. The number of halogens is 3. The first-order chi connectivity index (χ1) is 9.08. The SMILES string of the molecule is O=C(Cc1ccccc1F)Nc1c(F)cccc1F. The number of anilines is 1. The molecule has 0 unspecified atom stereocenters. The third-order valence-electron chi connectivity index (χ3n) is 2.54. The van der Waals surface area contributed by atoms with Gasteiger partial charge in [-0.15, -0.1) is 0 Å². The lowest BCUT2D eigenvalue weighted by Gasteiger charge is -2.07. The monoisotopic (exact) mass is 265 g/mol. The van der Waals surface area contributed by atoms with Crippen LogP contribution in [0.1, 0.15) is 5.56 Å². The van der Waals surface area contributed by atoms with Crippen molar-refractivity contribution in [1.82, 2.24) is 0 Å². The third-order valence-corrected chi connectivity index (χ3v) is 2.54. The van der Waals surface area contributed by atoms with Crippen molar-refractivity contribution in [3.8, 4) is 0 Å². The Kier molecular flexibility index (Phi) is 3.85. The number of benzene rings is 2. The molecule has 98 valence electrons. The van der Waals surface area contributed by atoms with E-state index in [0.29, 0.717) is 0 Å². The summed E-state index contributed by atoms with van der Waals surface area (Å²) in [5.41, 5.74) is -0.361. The summed E-state index contributed by atoms with van der Waals surface area (Å²) in [7, 11) is 0. The van der Waals surface area contributed by atoms with E-state index < -0.39 is 29.0 Å². The first-order valence-corrected chi connectivity index (χ1v) is 5.55. The molecule has 0 saturated carbocycles. The van der Waals surface area contributed by atoms with E-state index >= 15 is 0 Å². The minimum absolute atomic E-state index is 0.164. The normalized spacial score (nSPS) is 10.3. The number of nitrogens with one attached hydrogen (secondary N) is 1. The summed E-state index contributed by atoms with van der Waals surface area (Å²) in [6.45, 7) is 0. The first-order valence-electron chi connectivity index (χ1n) is 5.55. The highest BCUT2D eigenvalue weighted by atomic mass is 19.1. The standard InChI is InChI=1S/C14H10F3NO/c15-10-5-2-1-4-9(10)8-13(19)18-14-11(16)6-3-7-12(14)17/h1-7H,8H2,(H,18,19). The summed E-state index contributed by atoms with van der Waals surface area (Å²) in [6.07, 6.45) is -0.291. The van der Waals surface area contributed by atoms with Crippen molar-refractivity contribution in [2.75, 3.05) is 5.32 Å². The molecule has 0 radical (unpaired) electrons. The highest BCUT2D eigenvalue weighted by Gasteiger charge is 2.13. The lowest BCUT2D eigenvalue weighted by molar-refractivity contribution is -0.115. The number of carbonyl (C=O) groups excluding carboxylic acids is 1. The molecule has 0 heterocycles. The van der Waals surface area contributed by atoms with Gasteiger partial charge in [0.05, 0.1) is 6.42 Å². The Morgan fingerprint density at radius 2 is 1.47 bits per heavy atom. The Morgan fingerprint density at radius 1 is 0.895 bits per heavy atom. The van der Waals surface area contributed by atoms with Crippen molar-refractivity contribution in [3.63, 3.8) is 0 Å². The van der Waals surface area contributed by atoms with Gasteiger partial charge in [-0.2, -0.15) is 0 Å². The Morgan fingerprint density at radius 3 is 2.11 bits per heavy atom. The van der Waals surface area contributed by atoms with Crippen LogP contribution in [0.5, 0.6) is 0 Å². The molecule has 0 bridgehead atoms. The van der Waals surface area contributed by atoms with Crippen LogP contribution in [0.25, 0.3) is 0 Å². The second-order valence-corrected chi connectivity index (χ2v) is 3.91. The van der Waals surface area contributed by atoms with Crippen molar-refractivity contribution >= 4 is 11.6 Å². The summed E-state index contributed by atoms with van der Waals surface area (Å²) in [5.74, 6) is -2.97. The zero-order valence-electron chi connectivity index (χ0n) is 9.79. The Balaban J connectivity index is 2.12. The molecule has 0 saturated heterocycles. The molecule has 5 heteroatoms. The van der Waals surface area contributed by atoms with Crippen LogP contribution < -0.4 is 5.32 Å². The molecular weight excluding hydrogens is 255 g/mol. The number of rotatable bonds is 3. The summed E-state index contributed by atoms with van der Waals surface area (Å²) in [4.78, 5) is 11.6. The van der Waals surface area contributed by atoms with Gasteiger partial charge in [-0.1, -0.05) is 24.3 Å². The maximum atomic E-state index is 13.3. The molecule has 2 aromatic carbocycles. The summed E-state index contributed by atoms with van der Waals surface area (Å²) >= 11 is 0. The number of hydrogen-bond donors (Lipinski definition) is 1. The maximum Gasteiger partial charge on any atom is 0.229 e. The van der Waals surface area contributed by atoms with Crippen LogP contribution in [0.2, 0.25) is 0 Å². The van der Waals surface area contributed by atoms with E-state index in [-0.39, 0.29) is 12.0 Å². The summed E-state index contributed by atoms with van der Waals surface area (Å²) in [6, 6.07) is 8.97. The van der Waals surface area contributed by atoms with Gasteiger partial charge in [-0.05, 0) is 23.8 Å². The van der Waals surface area contributed by atoms with Gasteiger partial charge in [0.25, 0.3) is 0 Å². The molecule has 0 aromatic heterocycles. The van der Waals surface area contributed by atoms with Gasteiger partial charge < -0.3 is 5.32 Å². The van der Waals surface area contributed by atoms with Gasteiger partial charge in [0.2, 0.25) is 5.91 Å². The largest absolute Gasteiger partial charge is 0.321 e. The van der Waals surface area contributed by atoms with Gasteiger partial charge in [-0.3, -0.25) is 4.79 Å². The van der Waals surface area contributed by atoms with Crippen LogP contribution in [-0.4, -0.2) is 5.91 Å². The Labute approximate surface area is 107 Å². The molecule has 2 nitrogen and oxygen atoms in total. The van der Waals surface area contributed by atoms with E-state index in [0.717, 1.165) is 12.1 Å². The maximum absolute atomic E-state index is 13.3. The molecule has 1 amide bonds. The van der Waals surface area contributed by atoms with Crippen LogP contribution in [0.4, 0.5) is 18.9 Å². The predicted molar refractivity (Wildman–Crippen MR) is 65.1 cm³/mol. The fourth-order valence-electron chi connectivity index (χ4n) is 1.62. The highest BCUT2D eigenvalue weighted by Crippen LogP contribution is 2.18. The minimum atomic E-state index is -0.873. The van der Waals surface area contributed by atoms with Gasteiger partial charge in [-0.25, -0.2) is 13.2 Å². The fraction of sp³-hybridized carbons (Fsp3) is 0.0714. The summed E-state index contributed by atoms with van der Waals surface area (Å²) in [5, 5.41) is 2.10. The average molecular weight is 265 g/mol. The molecule has 0 aliphatic heterocycles. The van der Waals surface area contributed by atoms with Crippen LogP contribution in [-0.2, 0) is 11.2 Å². The van der Waals surface area contributed by atoms with E-state index in [1.807, 2.05) is 0 Å². The second-order valence-electron chi connectivity index (χ2n) is 3.91. The topological polar surface area (TPSA) is 29.1 Å². The van der Waals surface area contributed by atoms with E-state index in [9.17, 15) is 18.0 Å². The highest BCUT2D eigenvalue weighted by molar-refractivity contribution is 5.92. The van der Waals surface area contributed by atoms with Crippen molar-refractivity contribution in [2.24, 2.45) is 0 Å². The number of carbonyl (C=O) groups is 1. The molecule has 0 aliphatic rings. The molecule has 1 N–H and O–H groups in total. The Hall–Kier alpha value is -2.30. The van der Waals surface area contributed by atoms with E-state index in [1.165, 1.54) is 24.3 Å². The minimum Gasteiger partial charge on any atom is -0.321 e. The zero-order chi connectivity index (χ0) is 13.8. The molecular formula is C14H10F3NO. The van der Waals surface area contributed by atoms with Crippen molar-refractivity contribution in [2.45, 2.75) is 6.42 Å². The van der Waals surface area contributed by atoms with Crippen LogP contribution in [0.15, 0.2) is 42.5 Å². The lowest BCUT2D eigenvalue weighted by Crippen LogP contribution is -2.17. The average Bonchev–Trinajstić information content (AvgIpc) is 2.37. The van der Waals surface area contributed by atoms with Crippen LogP contribution in [0, 0.1) is 17.5 Å². The number of hydrogen-bond acceptors (Lipinski definition) is 1. The van der Waals surface area contributed by atoms with Crippen LogP contribution >= 0.6 is 0 Å². The molecule has 0 spiro atoms. The Bertz CT molecular complexity index is 593. The summed E-state index contributed by atoms with van der Waals surface area (Å²) < 4.78 is 39.9. The van der Waals surface area contributed by atoms with Gasteiger partial charge in [0.15, 0.2) is 0 Å². The van der Waals surface area contributed by atoms with Gasteiger partial charge >= 0.3 is 0 Å². The lowest BCUT2D eigenvalue weighted by atomic mass is 10.1. The number of amides is 1. The fourth-order valence-corrected chi connectivity index (χ4v) is 1.62. The molecule has 0 fully saturated rings. The molecule has 0 aliphatic carbocycles. The first kappa shape index (κ1) is 13.1. The van der Waals surface area contributed by atoms with E-state index in [1.54, 1.807) is 6.07 Å². The van der Waals surface area contributed by atoms with Crippen molar-refractivity contribution in [3.05, 3.63) is 65.5 Å². The third kappa shape index (κ3) is 3.13. The van der Waals surface area contributed by atoms with Gasteiger partial charge in [0.1, 0.15) is 23.1 Å². The smallest absolute Gasteiger partial charge is 0.229 e. The quantitative estimate of drug-likeness (QED) is 0.906. The van der Waals surface area contributed by atoms with Crippen LogP contribution in [0.3, 0.4) is 0 Å². The van der Waals surface area contributed by atoms with Crippen molar-refractivity contribution < 1.29 is 18.0 Å². The van der Waals surface area contributed by atoms with E-state index in [4.69, 9.17) is 0 Å². The molecule has 19 heavy (non-hydrogen) atoms. The molecule has 2 aromatic rings. The van der Waals surface area contributed by atoms with E-state index in [2.05, 4.69) is 5.32 Å². The predicted octanol–water partition coefficient (Wildman–Crippen LogP) is 3.29.